The normalized spacial score (nSPS) is 13.0. The largest absolute Gasteiger partial charge is 0.466 e. The molecule has 0 aliphatic rings. The van der Waals surface area contributed by atoms with E-state index in [1.54, 1.807) is 0 Å². The Morgan fingerprint density at radius 1 is 0.385 bits per heavy atom. The van der Waals surface area contributed by atoms with Gasteiger partial charge < -0.3 is 23.5 Å². The van der Waals surface area contributed by atoms with Gasteiger partial charge in [0.25, 0.3) is 0 Å². The fourth-order valence-corrected chi connectivity index (χ4v) is 7.56. The predicted octanol–water partition coefficient (Wildman–Crippen LogP) is 11.3. The fourth-order valence-electron chi connectivity index (χ4n) is 7.56. The summed E-state index contributed by atoms with van der Waals surface area (Å²) in [6.45, 7) is 13.2. The number of ether oxygens (including phenoxy) is 2. The second-order valence-electron chi connectivity index (χ2n) is 16.7. The van der Waals surface area contributed by atoms with Crippen LogP contribution in [0.4, 0.5) is 0 Å². The lowest BCUT2D eigenvalue weighted by atomic mass is 10.1. The Hall–Kier alpha value is -1.18. The first kappa shape index (κ1) is 50.8. The van der Waals surface area contributed by atoms with Crippen molar-refractivity contribution in [3.63, 3.8) is 0 Å². The average Bonchev–Trinajstić information content (AvgIpc) is 3.12. The van der Waals surface area contributed by atoms with Gasteiger partial charge in [-0.1, -0.05) is 162 Å². The monoisotopic (exact) mass is 741 g/mol. The van der Waals surface area contributed by atoms with E-state index < -0.39 is 0 Å². The van der Waals surface area contributed by atoms with Gasteiger partial charge in [-0.15, -0.1) is 0 Å². The minimum Gasteiger partial charge on any atom is -0.466 e. The third-order valence-electron chi connectivity index (χ3n) is 11.3. The number of aliphatic hydroxyl groups is 1. The Labute approximate surface area is 324 Å². The summed E-state index contributed by atoms with van der Waals surface area (Å²) in [5, 5.41) is 9.60. The molecule has 1 unspecified atom stereocenters. The quantitative estimate of drug-likeness (QED) is 0.0384. The minimum atomic E-state index is -0.114. The molecule has 0 aliphatic heterocycles. The van der Waals surface area contributed by atoms with Crippen LogP contribution in [0.15, 0.2) is 0 Å². The standard InChI is InChI=1S/C45H92N2O5/c1-6-9-11-13-15-17-19-21-23-25-27-31-42-51-44(49)33-38-47(5,37-30-29-36-46(4,35-8-3)40-41-48)39-34-45(50)52-43-32-28-26-24-22-20-18-16-14-12-10-7-2/h48H,6-43H2,1-5H3/q+2. The van der Waals surface area contributed by atoms with Crippen LogP contribution in [0.1, 0.15) is 207 Å². The van der Waals surface area contributed by atoms with Crippen LogP contribution < -0.4 is 0 Å². The number of hydrogen-bond donors (Lipinski definition) is 1. The van der Waals surface area contributed by atoms with E-state index in [0.29, 0.717) is 43.6 Å². The molecule has 0 aromatic heterocycles. The van der Waals surface area contributed by atoms with E-state index in [1.165, 1.54) is 128 Å². The van der Waals surface area contributed by atoms with Gasteiger partial charge in [0.2, 0.25) is 0 Å². The highest BCUT2D eigenvalue weighted by Crippen LogP contribution is 2.16. The number of esters is 2. The molecule has 1 N–H and O–H groups in total. The highest BCUT2D eigenvalue weighted by atomic mass is 16.5. The summed E-state index contributed by atoms with van der Waals surface area (Å²) in [4.78, 5) is 25.5. The van der Waals surface area contributed by atoms with Crippen molar-refractivity contribution in [1.82, 2.24) is 0 Å². The molecule has 52 heavy (non-hydrogen) atoms. The van der Waals surface area contributed by atoms with Crippen LogP contribution in [-0.4, -0.2) is 99.2 Å². The van der Waals surface area contributed by atoms with Crippen LogP contribution in [0, 0.1) is 0 Å². The molecule has 0 aromatic rings. The first-order valence-electron chi connectivity index (χ1n) is 22.8. The van der Waals surface area contributed by atoms with Crippen molar-refractivity contribution in [2.45, 2.75) is 207 Å². The van der Waals surface area contributed by atoms with Crippen molar-refractivity contribution in [2.24, 2.45) is 0 Å². The number of likely N-dealkylation sites (N-methyl/N-ethyl adjacent to an activating group) is 1. The van der Waals surface area contributed by atoms with E-state index in [-0.39, 0.29) is 18.5 Å². The van der Waals surface area contributed by atoms with Crippen LogP contribution in [0.3, 0.4) is 0 Å². The van der Waals surface area contributed by atoms with Crippen LogP contribution in [0.2, 0.25) is 0 Å². The maximum Gasteiger partial charge on any atom is 0.311 e. The molecule has 0 fully saturated rings. The van der Waals surface area contributed by atoms with Gasteiger partial charge in [-0.3, -0.25) is 9.59 Å². The number of carbonyl (C=O) groups excluding carboxylic acids is 2. The van der Waals surface area contributed by atoms with Gasteiger partial charge in [-0.2, -0.15) is 0 Å². The molecule has 0 aromatic carbocycles. The lowest BCUT2D eigenvalue weighted by molar-refractivity contribution is -0.915. The second kappa shape index (κ2) is 36.8. The maximum absolute atomic E-state index is 12.7. The van der Waals surface area contributed by atoms with Gasteiger partial charge in [0, 0.05) is 12.8 Å². The molecule has 0 rings (SSSR count). The first-order valence-corrected chi connectivity index (χ1v) is 22.8. The molecule has 7 nitrogen and oxygen atoms in total. The van der Waals surface area contributed by atoms with Crippen molar-refractivity contribution in [3.05, 3.63) is 0 Å². The summed E-state index contributed by atoms with van der Waals surface area (Å²) in [6.07, 6.45) is 35.0. The lowest BCUT2D eigenvalue weighted by Gasteiger charge is -2.36. The summed E-state index contributed by atoms with van der Waals surface area (Å²) in [5.41, 5.74) is 0. The van der Waals surface area contributed by atoms with Gasteiger partial charge in [-0.05, 0) is 19.3 Å². The van der Waals surface area contributed by atoms with E-state index >= 15 is 0 Å². The third kappa shape index (κ3) is 33.4. The summed E-state index contributed by atoms with van der Waals surface area (Å²) in [6, 6.07) is 0. The predicted molar refractivity (Wildman–Crippen MR) is 221 cm³/mol. The molecular weight excluding hydrogens is 649 g/mol. The van der Waals surface area contributed by atoms with Crippen molar-refractivity contribution < 1.29 is 33.1 Å². The minimum absolute atomic E-state index is 0.114. The summed E-state index contributed by atoms with van der Waals surface area (Å²) >= 11 is 0. The van der Waals surface area contributed by atoms with Crippen LogP contribution in [0.25, 0.3) is 0 Å². The topological polar surface area (TPSA) is 72.8 Å². The highest BCUT2D eigenvalue weighted by Gasteiger charge is 2.26. The zero-order valence-corrected chi connectivity index (χ0v) is 35.8. The molecule has 0 aliphatic carbocycles. The molecule has 0 saturated carbocycles. The van der Waals surface area contributed by atoms with Crippen molar-refractivity contribution >= 4 is 11.9 Å². The number of unbranched alkanes of at least 4 members (excludes halogenated alkanes) is 23. The number of quaternary nitrogens is 2. The van der Waals surface area contributed by atoms with E-state index in [1.807, 2.05) is 0 Å². The van der Waals surface area contributed by atoms with Gasteiger partial charge in [-0.25, -0.2) is 0 Å². The maximum atomic E-state index is 12.7. The summed E-state index contributed by atoms with van der Waals surface area (Å²) in [5.74, 6) is -0.228. The van der Waals surface area contributed by atoms with Crippen LogP contribution >= 0.6 is 0 Å². The molecule has 310 valence electrons. The first-order chi connectivity index (χ1) is 25.2. The van der Waals surface area contributed by atoms with Crippen LogP contribution in [-0.2, 0) is 19.1 Å². The SMILES string of the molecule is CCCCCCCCCCCCCCOC(=O)CC[N+](C)(CCCC[N+](C)(CCC)CCO)CCC(=O)OCCCCCCCCCCCCCC. The molecular formula is C45H92N2O5+2. The molecule has 0 heterocycles. The number of nitrogens with zero attached hydrogens (tertiary/aromatic N) is 2. The Morgan fingerprint density at radius 3 is 1.00 bits per heavy atom. The van der Waals surface area contributed by atoms with E-state index in [0.717, 1.165) is 75.6 Å². The second-order valence-corrected chi connectivity index (χ2v) is 16.7. The van der Waals surface area contributed by atoms with Gasteiger partial charge >= 0.3 is 11.9 Å². The van der Waals surface area contributed by atoms with Gasteiger partial charge in [0.15, 0.2) is 0 Å². The highest BCUT2D eigenvalue weighted by molar-refractivity contribution is 5.70. The van der Waals surface area contributed by atoms with Crippen LogP contribution in [0.5, 0.6) is 0 Å². The Kier molecular flexibility index (Phi) is 35.9. The third-order valence-corrected chi connectivity index (χ3v) is 11.3. The average molecular weight is 741 g/mol. The zero-order valence-electron chi connectivity index (χ0n) is 35.8. The van der Waals surface area contributed by atoms with Crippen molar-refractivity contribution in [2.75, 3.05) is 73.2 Å². The molecule has 0 spiro atoms. The van der Waals surface area contributed by atoms with Gasteiger partial charge in [0.1, 0.15) is 6.54 Å². The van der Waals surface area contributed by atoms with E-state index in [2.05, 4.69) is 34.9 Å². The molecule has 0 amide bonds. The fraction of sp³-hybridized carbons (Fsp3) is 0.956. The smallest absolute Gasteiger partial charge is 0.311 e. The summed E-state index contributed by atoms with van der Waals surface area (Å²) < 4.78 is 12.9. The molecule has 0 bridgehead atoms. The Balaban J connectivity index is 4.45. The Bertz CT molecular complexity index is 740. The molecule has 7 heteroatoms. The van der Waals surface area contributed by atoms with Gasteiger partial charge in [0.05, 0.1) is 79.5 Å². The number of rotatable bonds is 41. The van der Waals surface area contributed by atoms with Crippen molar-refractivity contribution in [1.29, 1.82) is 0 Å². The van der Waals surface area contributed by atoms with E-state index in [4.69, 9.17) is 9.47 Å². The zero-order chi connectivity index (χ0) is 38.4. The summed E-state index contributed by atoms with van der Waals surface area (Å²) in [7, 11) is 4.43. The molecule has 0 saturated heterocycles. The number of aliphatic hydroxyl groups excluding tert-OH is 1. The molecule has 0 radical (unpaired) electrons. The number of carbonyl (C=O) groups is 2. The number of hydrogen-bond acceptors (Lipinski definition) is 5. The Morgan fingerprint density at radius 2 is 0.692 bits per heavy atom. The lowest BCUT2D eigenvalue weighted by Crippen LogP contribution is -2.49. The molecule has 1 atom stereocenters. The van der Waals surface area contributed by atoms with E-state index in [9.17, 15) is 14.7 Å². The van der Waals surface area contributed by atoms with Crippen molar-refractivity contribution in [3.8, 4) is 0 Å².